The number of nitrogens with one attached hydrogen (secondary N) is 1. The third-order valence-electron chi connectivity index (χ3n) is 2.73. The van der Waals surface area contributed by atoms with Crippen LogP contribution in [0, 0.1) is 5.92 Å². The van der Waals surface area contributed by atoms with Crippen LogP contribution in [0.4, 0.5) is 0 Å². The fraction of sp³-hybridized carbons (Fsp3) is 0.462. The van der Waals surface area contributed by atoms with Crippen molar-refractivity contribution in [3.63, 3.8) is 0 Å². The van der Waals surface area contributed by atoms with Gasteiger partial charge in [-0.2, -0.15) is 0 Å². The Kier molecular flexibility index (Phi) is 5.95. The van der Waals surface area contributed by atoms with E-state index in [-0.39, 0.29) is 18.3 Å². The van der Waals surface area contributed by atoms with Crippen LogP contribution < -0.4 is 15.8 Å². The van der Waals surface area contributed by atoms with Gasteiger partial charge in [0, 0.05) is 13.1 Å². The Morgan fingerprint density at radius 2 is 2.11 bits per heavy atom. The summed E-state index contributed by atoms with van der Waals surface area (Å²) in [5.41, 5.74) is 5.94. The highest BCUT2D eigenvalue weighted by Gasteiger charge is 2.22. The Labute approximate surface area is 113 Å². The SMILES string of the molecule is Cl.NCCNC(=O)c1ccccc1OCC1CC1. The Bertz CT molecular complexity index is 394. The lowest BCUT2D eigenvalue weighted by molar-refractivity contribution is 0.0950. The van der Waals surface area contributed by atoms with Gasteiger partial charge in [0.15, 0.2) is 0 Å². The summed E-state index contributed by atoms with van der Waals surface area (Å²) in [4.78, 5) is 11.8. The lowest BCUT2D eigenvalue weighted by atomic mass is 10.2. The molecule has 0 saturated heterocycles. The number of ether oxygens (including phenoxy) is 1. The number of rotatable bonds is 6. The number of benzene rings is 1. The van der Waals surface area contributed by atoms with Crippen molar-refractivity contribution in [3.05, 3.63) is 29.8 Å². The minimum absolute atomic E-state index is 0. The molecule has 0 bridgehead atoms. The van der Waals surface area contributed by atoms with Crippen LogP contribution in [0.15, 0.2) is 24.3 Å². The molecule has 100 valence electrons. The molecule has 0 spiro atoms. The summed E-state index contributed by atoms with van der Waals surface area (Å²) in [6.45, 7) is 1.63. The van der Waals surface area contributed by atoms with Gasteiger partial charge in [-0.05, 0) is 30.9 Å². The van der Waals surface area contributed by atoms with Gasteiger partial charge < -0.3 is 15.8 Å². The van der Waals surface area contributed by atoms with Crippen LogP contribution in [-0.2, 0) is 0 Å². The van der Waals surface area contributed by atoms with Crippen LogP contribution in [0.1, 0.15) is 23.2 Å². The van der Waals surface area contributed by atoms with Crippen molar-refractivity contribution in [2.45, 2.75) is 12.8 Å². The highest BCUT2D eigenvalue weighted by Crippen LogP contribution is 2.30. The molecule has 2 rings (SSSR count). The van der Waals surface area contributed by atoms with Gasteiger partial charge in [-0.15, -0.1) is 12.4 Å². The Morgan fingerprint density at radius 1 is 1.39 bits per heavy atom. The highest BCUT2D eigenvalue weighted by molar-refractivity contribution is 5.96. The van der Waals surface area contributed by atoms with Crippen LogP contribution in [-0.4, -0.2) is 25.6 Å². The first kappa shape index (κ1) is 14.8. The summed E-state index contributed by atoms with van der Waals surface area (Å²) in [7, 11) is 0. The molecule has 1 aromatic carbocycles. The molecule has 1 aromatic rings. The summed E-state index contributed by atoms with van der Waals surface area (Å²) < 4.78 is 5.67. The maximum absolute atomic E-state index is 11.8. The monoisotopic (exact) mass is 270 g/mol. The number of para-hydroxylation sites is 1. The second-order valence-electron chi connectivity index (χ2n) is 4.30. The average molecular weight is 271 g/mol. The Hall–Kier alpha value is -1.26. The molecule has 4 nitrogen and oxygen atoms in total. The second-order valence-corrected chi connectivity index (χ2v) is 4.30. The van der Waals surface area contributed by atoms with E-state index in [9.17, 15) is 4.79 Å². The van der Waals surface area contributed by atoms with Gasteiger partial charge in [-0.1, -0.05) is 12.1 Å². The van der Waals surface area contributed by atoms with Crippen molar-refractivity contribution in [2.24, 2.45) is 11.7 Å². The topological polar surface area (TPSA) is 64.3 Å². The maximum atomic E-state index is 11.8. The third-order valence-corrected chi connectivity index (χ3v) is 2.73. The maximum Gasteiger partial charge on any atom is 0.255 e. The smallest absolute Gasteiger partial charge is 0.255 e. The summed E-state index contributed by atoms with van der Waals surface area (Å²) >= 11 is 0. The van der Waals surface area contributed by atoms with E-state index in [1.807, 2.05) is 18.2 Å². The van der Waals surface area contributed by atoms with Crippen molar-refractivity contribution in [2.75, 3.05) is 19.7 Å². The molecule has 1 fully saturated rings. The van der Waals surface area contributed by atoms with E-state index in [0.717, 1.165) is 0 Å². The fourth-order valence-corrected chi connectivity index (χ4v) is 1.55. The molecule has 1 saturated carbocycles. The van der Waals surface area contributed by atoms with Gasteiger partial charge in [0.2, 0.25) is 0 Å². The number of amides is 1. The summed E-state index contributed by atoms with van der Waals surface area (Å²) in [5, 5.41) is 2.75. The van der Waals surface area contributed by atoms with Crippen molar-refractivity contribution < 1.29 is 9.53 Å². The van der Waals surface area contributed by atoms with Crippen LogP contribution >= 0.6 is 12.4 Å². The van der Waals surface area contributed by atoms with E-state index >= 15 is 0 Å². The Balaban J connectivity index is 0.00000162. The molecule has 1 aliphatic rings. The van der Waals surface area contributed by atoms with E-state index in [2.05, 4.69) is 5.32 Å². The number of hydrogen-bond acceptors (Lipinski definition) is 3. The summed E-state index contributed by atoms with van der Waals surface area (Å²) in [6, 6.07) is 7.32. The lowest BCUT2D eigenvalue weighted by Crippen LogP contribution is -2.29. The Morgan fingerprint density at radius 3 is 2.78 bits per heavy atom. The van der Waals surface area contributed by atoms with Gasteiger partial charge in [-0.25, -0.2) is 0 Å². The van der Waals surface area contributed by atoms with E-state index in [0.29, 0.717) is 36.9 Å². The van der Waals surface area contributed by atoms with Gasteiger partial charge in [-0.3, -0.25) is 4.79 Å². The predicted octanol–water partition coefficient (Wildman–Crippen LogP) is 1.59. The summed E-state index contributed by atoms with van der Waals surface area (Å²) in [5.74, 6) is 1.21. The zero-order chi connectivity index (χ0) is 12.1. The quantitative estimate of drug-likeness (QED) is 0.825. The fourth-order valence-electron chi connectivity index (χ4n) is 1.55. The van der Waals surface area contributed by atoms with Crippen LogP contribution in [0.2, 0.25) is 0 Å². The molecule has 0 atom stereocenters. The number of nitrogens with two attached hydrogens (primary N) is 1. The van der Waals surface area contributed by atoms with Gasteiger partial charge in [0.05, 0.1) is 12.2 Å². The zero-order valence-electron chi connectivity index (χ0n) is 10.2. The highest BCUT2D eigenvalue weighted by atomic mass is 35.5. The molecule has 1 amide bonds. The number of carbonyl (C=O) groups excluding carboxylic acids is 1. The van der Waals surface area contributed by atoms with E-state index in [1.165, 1.54) is 12.8 Å². The summed E-state index contributed by atoms with van der Waals surface area (Å²) in [6.07, 6.45) is 2.48. The molecule has 0 unspecified atom stereocenters. The first-order valence-corrected chi connectivity index (χ1v) is 6.01. The van der Waals surface area contributed by atoms with E-state index in [4.69, 9.17) is 10.5 Å². The van der Waals surface area contributed by atoms with E-state index in [1.54, 1.807) is 6.07 Å². The molecular weight excluding hydrogens is 252 g/mol. The first-order valence-electron chi connectivity index (χ1n) is 6.01. The molecular formula is C13H19ClN2O2. The van der Waals surface area contributed by atoms with Crippen molar-refractivity contribution in [1.82, 2.24) is 5.32 Å². The van der Waals surface area contributed by atoms with Gasteiger partial charge >= 0.3 is 0 Å². The molecule has 1 aliphatic carbocycles. The molecule has 18 heavy (non-hydrogen) atoms. The van der Waals surface area contributed by atoms with Crippen LogP contribution in [0.25, 0.3) is 0 Å². The predicted molar refractivity (Wildman–Crippen MR) is 73.3 cm³/mol. The van der Waals surface area contributed by atoms with E-state index < -0.39 is 0 Å². The van der Waals surface area contributed by atoms with Gasteiger partial charge in [0.1, 0.15) is 5.75 Å². The standard InChI is InChI=1S/C13H18N2O2.ClH/c14-7-8-15-13(16)11-3-1-2-4-12(11)17-9-10-5-6-10;/h1-4,10H,5-9,14H2,(H,15,16);1H. The minimum Gasteiger partial charge on any atom is -0.492 e. The minimum atomic E-state index is -0.123. The number of carbonyl (C=O) groups is 1. The molecule has 0 radical (unpaired) electrons. The average Bonchev–Trinajstić information content (AvgIpc) is 3.18. The van der Waals surface area contributed by atoms with Crippen molar-refractivity contribution >= 4 is 18.3 Å². The third kappa shape index (κ3) is 4.20. The second kappa shape index (κ2) is 7.24. The van der Waals surface area contributed by atoms with Crippen LogP contribution in [0.5, 0.6) is 5.75 Å². The zero-order valence-corrected chi connectivity index (χ0v) is 11.0. The molecule has 0 aromatic heterocycles. The van der Waals surface area contributed by atoms with Crippen molar-refractivity contribution in [3.8, 4) is 5.75 Å². The van der Waals surface area contributed by atoms with Gasteiger partial charge in [0.25, 0.3) is 5.91 Å². The number of halogens is 1. The lowest BCUT2D eigenvalue weighted by Gasteiger charge is -2.10. The number of hydrogen-bond donors (Lipinski definition) is 2. The normalized spacial score (nSPS) is 13.6. The molecule has 0 aliphatic heterocycles. The molecule has 3 N–H and O–H groups in total. The van der Waals surface area contributed by atoms with Crippen LogP contribution in [0.3, 0.4) is 0 Å². The first-order chi connectivity index (χ1) is 8.31. The molecule has 0 heterocycles. The van der Waals surface area contributed by atoms with Crippen molar-refractivity contribution in [1.29, 1.82) is 0 Å². The molecule has 5 heteroatoms. The largest absolute Gasteiger partial charge is 0.492 e.